The van der Waals surface area contributed by atoms with Crippen molar-refractivity contribution < 1.29 is 0 Å². The summed E-state index contributed by atoms with van der Waals surface area (Å²) in [5.74, 6) is 1.30. The monoisotopic (exact) mass is 572 g/mol. The molecule has 8 heteroatoms. The molecular weight excluding hydrogens is 544 g/mol. The molecule has 0 radical (unpaired) electrons. The Labute approximate surface area is 252 Å². The highest BCUT2D eigenvalue weighted by molar-refractivity contribution is 6.05. The molecule has 0 saturated heterocycles. The second-order valence-corrected chi connectivity index (χ2v) is 11.5. The molecule has 212 valence electrons. The van der Waals surface area contributed by atoms with E-state index in [1.807, 2.05) is 48.5 Å². The van der Waals surface area contributed by atoms with Gasteiger partial charge in [0.2, 0.25) is 0 Å². The van der Waals surface area contributed by atoms with Crippen LogP contribution in [0.5, 0.6) is 0 Å². The molecular formula is C36H28N8. The third-order valence-electron chi connectivity index (χ3n) is 9.14. The SMILES string of the molecule is CCC12N=C(N=c3[nH]/c(c4ccccc34)=N\C3(CC)N=C(N=c4[nH]/c(c5ccccc45)=N\1)c1ccccc13)c1ccccc12. The standard InChI is InChI=1S/C36H28N8/c1-3-35-27-19-11-9-17-25(27)33(43-35)39-30-22-14-6-8-16-24(22)32(38-30)42-36(4-2)28-20-12-10-18-26(28)34(44-36)40-29-21-13-5-7-15-23(21)31(37-29)41-35/h5-20H,3-4H2,1-2H3,(H,37,40,41,44)(H,38,39,42,43). The molecule has 44 heavy (non-hydrogen) atoms. The Balaban J connectivity index is 1.49. The van der Waals surface area contributed by atoms with Crippen LogP contribution in [0.25, 0.3) is 21.5 Å². The molecule has 2 unspecified atom stereocenters. The number of aromatic amines is 2. The van der Waals surface area contributed by atoms with Gasteiger partial charge < -0.3 is 9.97 Å². The van der Waals surface area contributed by atoms with Gasteiger partial charge in [-0.15, -0.1) is 0 Å². The summed E-state index contributed by atoms with van der Waals surface area (Å²) in [6.07, 6.45) is 1.32. The molecule has 0 amide bonds. The number of benzene rings is 4. The van der Waals surface area contributed by atoms with E-state index in [0.29, 0.717) is 35.5 Å². The van der Waals surface area contributed by atoms with Gasteiger partial charge in [0, 0.05) is 43.8 Å². The van der Waals surface area contributed by atoms with Crippen LogP contribution < -0.4 is 22.0 Å². The van der Waals surface area contributed by atoms with Gasteiger partial charge in [-0.1, -0.05) is 111 Å². The van der Waals surface area contributed by atoms with Gasteiger partial charge in [-0.25, -0.2) is 30.0 Å². The summed E-state index contributed by atoms with van der Waals surface area (Å²) in [6.45, 7) is 4.24. The van der Waals surface area contributed by atoms with Crippen molar-refractivity contribution in [1.82, 2.24) is 9.97 Å². The lowest BCUT2D eigenvalue weighted by atomic mass is 9.96. The molecule has 9 rings (SSSR count). The lowest BCUT2D eigenvalue weighted by Crippen LogP contribution is -2.24. The molecule has 0 fully saturated rings. The van der Waals surface area contributed by atoms with Crippen LogP contribution in [0.3, 0.4) is 0 Å². The molecule has 8 nitrogen and oxygen atoms in total. The zero-order valence-corrected chi connectivity index (χ0v) is 24.3. The van der Waals surface area contributed by atoms with Crippen molar-refractivity contribution >= 4 is 33.2 Å². The minimum atomic E-state index is -0.845. The minimum Gasteiger partial charge on any atom is -0.324 e. The van der Waals surface area contributed by atoms with Crippen molar-refractivity contribution in [2.75, 3.05) is 0 Å². The van der Waals surface area contributed by atoms with Crippen LogP contribution in [-0.4, -0.2) is 21.6 Å². The minimum absolute atomic E-state index is 0.648. The van der Waals surface area contributed by atoms with E-state index in [2.05, 4.69) is 72.3 Å². The van der Waals surface area contributed by atoms with E-state index in [-0.39, 0.29) is 0 Å². The number of H-pyrrole nitrogens is 2. The zero-order valence-electron chi connectivity index (χ0n) is 24.3. The first-order valence-corrected chi connectivity index (χ1v) is 15.1. The summed E-state index contributed by atoms with van der Waals surface area (Å²) >= 11 is 0. The number of nitrogens with one attached hydrogen (secondary N) is 2. The molecule has 4 aromatic carbocycles. The molecule has 5 heterocycles. The highest BCUT2D eigenvalue weighted by Crippen LogP contribution is 2.41. The molecule has 0 spiro atoms. The number of aromatic nitrogens is 2. The summed E-state index contributed by atoms with van der Waals surface area (Å²) in [5, 5.41) is 3.93. The lowest BCUT2D eigenvalue weighted by molar-refractivity contribution is 0.450. The Morgan fingerprint density at radius 3 is 1.23 bits per heavy atom. The number of hydrogen-bond acceptors (Lipinski definition) is 6. The Kier molecular flexibility index (Phi) is 5.12. The van der Waals surface area contributed by atoms with Gasteiger partial charge in [0.25, 0.3) is 0 Å². The Bertz CT molecular complexity index is 2320. The van der Waals surface area contributed by atoms with Gasteiger partial charge in [-0.05, 0) is 12.8 Å². The highest BCUT2D eigenvalue weighted by atomic mass is 15.2. The maximum Gasteiger partial charge on any atom is 0.180 e. The van der Waals surface area contributed by atoms with E-state index in [4.69, 9.17) is 30.0 Å². The number of fused-ring (bicyclic) bond motifs is 18. The van der Waals surface area contributed by atoms with Crippen LogP contribution in [0.2, 0.25) is 0 Å². The van der Waals surface area contributed by atoms with Gasteiger partial charge in [-0.2, -0.15) is 0 Å². The van der Waals surface area contributed by atoms with E-state index in [1.54, 1.807) is 0 Å². The van der Waals surface area contributed by atoms with Crippen LogP contribution in [0, 0.1) is 0 Å². The first-order chi connectivity index (χ1) is 21.6. The van der Waals surface area contributed by atoms with Crippen LogP contribution in [0.15, 0.2) is 127 Å². The van der Waals surface area contributed by atoms with Crippen molar-refractivity contribution in [1.29, 1.82) is 0 Å². The topological polar surface area (TPSA) is 106 Å². The second-order valence-electron chi connectivity index (χ2n) is 11.5. The second kappa shape index (κ2) is 9.00. The Morgan fingerprint density at radius 1 is 0.455 bits per heavy atom. The molecule has 3 aliphatic rings. The normalized spacial score (nSPS) is 23.0. The average Bonchev–Trinajstić information content (AvgIpc) is 3.78. The Morgan fingerprint density at radius 2 is 0.818 bits per heavy atom. The average molecular weight is 573 g/mol. The van der Waals surface area contributed by atoms with Crippen LogP contribution in [0.1, 0.15) is 48.9 Å². The molecule has 8 bridgehead atoms. The number of rotatable bonds is 2. The van der Waals surface area contributed by atoms with E-state index in [9.17, 15) is 0 Å². The van der Waals surface area contributed by atoms with E-state index in [1.165, 1.54) is 0 Å². The van der Waals surface area contributed by atoms with Crippen molar-refractivity contribution in [2.24, 2.45) is 30.0 Å². The van der Waals surface area contributed by atoms with E-state index < -0.39 is 11.3 Å². The summed E-state index contributed by atoms with van der Waals surface area (Å²) in [4.78, 5) is 38.8. The van der Waals surface area contributed by atoms with Gasteiger partial charge in [-0.3, -0.25) is 0 Å². The van der Waals surface area contributed by atoms with Gasteiger partial charge in [0.15, 0.2) is 23.0 Å². The first-order valence-electron chi connectivity index (χ1n) is 15.1. The maximum atomic E-state index is 5.38. The summed E-state index contributed by atoms with van der Waals surface area (Å²) in [6, 6.07) is 33.0. The molecule has 0 aliphatic carbocycles. The highest BCUT2D eigenvalue weighted by Gasteiger charge is 2.40. The smallest absolute Gasteiger partial charge is 0.180 e. The third kappa shape index (κ3) is 3.39. The summed E-state index contributed by atoms with van der Waals surface area (Å²) in [7, 11) is 0. The van der Waals surface area contributed by atoms with Crippen molar-refractivity contribution in [2.45, 2.75) is 38.0 Å². The zero-order chi connectivity index (χ0) is 29.5. The van der Waals surface area contributed by atoms with Gasteiger partial charge in [0.05, 0.1) is 0 Å². The van der Waals surface area contributed by atoms with E-state index in [0.717, 1.165) is 54.8 Å². The molecule has 6 aromatic rings. The fourth-order valence-corrected chi connectivity index (χ4v) is 6.90. The van der Waals surface area contributed by atoms with Gasteiger partial charge in [0.1, 0.15) is 22.0 Å². The quantitative estimate of drug-likeness (QED) is 0.295. The summed E-state index contributed by atoms with van der Waals surface area (Å²) in [5.41, 5.74) is 5.23. The van der Waals surface area contributed by atoms with Crippen molar-refractivity contribution in [3.8, 4) is 0 Å². The number of amidine groups is 2. The van der Waals surface area contributed by atoms with Crippen LogP contribution >= 0.6 is 0 Å². The Hall–Kier alpha value is -5.50. The lowest BCUT2D eigenvalue weighted by Gasteiger charge is -2.20. The van der Waals surface area contributed by atoms with Crippen LogP contribution in [-0.2, 0) is 11.3 Å². The van der Waals surface area contributed by atoms with Gasteiger partial charge >= 0.3 is 0 Å². The summed E-state index contributed by atoms with van der Waals surface area (Å²) < 4.78 is 0. The number of aliphatic imine (C=N–C) groups is 2. The number of hydrogen-bond donors (Lipinski definition) is 2. The largest absolute Gasteiger partial charge is 0.324 e. The maximum absolute atomic E-state index is 5.38. The predicted molar refractivity (Wildman–Crippen MR) is 171 cm³/mol. The van der Waals surface area contributed by atoms with Crippen LogP contribution in [0.4, 0.5) is 0 Å². The number of nitrogens with zero attached hydrogens (tertiary/aromatic N) is 6. The van der Waals surface area contributed by atoms with Crippen molar-refractivity contribution in [3.05, 3.63) is 141 Å². The fourth-order valence-electron chi connectivity index (χ4n) is 6.90. The molecule has 2 N–H and O–H groups in total. The predicted octanol–water partition coefficient (Wildman–Crippen LogP) is 4.89. The third-order valence-corrected chi connectivity index (χ3v) is 9.14. The molecule has 3 aliphatic heterocycles. The fraction of sp³-hybridized carbons (Fsp3) is 0.167. The van der Waals surface area contributed by atoms with Crippen molar-refractivity contribution in [3.63, 3.8) is 0 Å². The first kappa shape index (κ1) is 25.0. The molecule has 2 aromatic heterocycles. The molecule has 2 atom stereocenters. The van der Waals surface area contributed by atoms with E-state index >= 15 is 0 Å². The molecule has 0 saturated carbocycles.